The molecule has 0 atom stereocenters. The predicted molar refractivity (Wildman–Crippen MR) is 66.6 cm³/mol. The number of aromatic amines is 1. The van der Waals surface area contributed by atoms with E-state index in [-0.39, 0.29) is 5.75 Å². The van der Waals surface area contributed by atoms with Crippen molar-refractivity contribution in [2.45, 2.75) is 25.3 Å². The Morgan fingerprint density at radius 1 is 1.47 bits per heavy atom. The first-order valence-electron chi connectivity index (χ1n) is 5.68. The van der Waals surface area contributed by atoms with E-state index in [1.165, 1.54) is 12.8 Å². The maximum Gasteiger partial charge on any atom is 0.195 e. The van der Waals surface area contributed by atoms with Crippen molar-refractivity contribution in [2.75, 3.05) is 0 Å². The highest BCUT2D eigenvalue weighted by Gasteiger charge is 2.27. The first-order chi connectivity index (χ1) is 8.24. The minimum Gasteiger partial charge on any atom is -0.508 e. The van der Waals surface area contributed by atoms with Gasteiger partial charge in [-0.15, -0.1) is 0 Å². The van der Waals surface area contributed by atoms with Crippen LogP contribution in [-0.2, 0) is 6.42 Å². The number of hydrogen-bond donors (Lipinski definition) is 2. The maximum atomic E-state index is 9.43. The van der Waals surface area contributed by atoms with Crippen molar-refractivity contribution in [3.63, 3.8) is 0 Å². The van der Waals surface area contributed by atoms with Gasteiger partial charge in [0.05, 0.1) is 0 Å². The van der Waals surface area contributed by atoms with Crippen LogP contribution < -0.4 is 0 Å². The highest BCUT2D eigenvalue weighted by molar-refractivity contribution is 7.71. The fourth-order valence-corrected chi connectivity index (χ4v) is 2.32. The van der Waals surface area contributed by atoms with Crippen LogP contribution in [0, 0.1) is 4.77 Å². The minimum absolute atomic E-state index is 0.287. The standard InChI is InChI=1S/C12H13N3OS/c16-10-3-1-2-8(6-10)7-11-13-14-12(17)15(11)9-4-5-9/h1-3,6,9,16H,4-5,7H2,(H,14,17). The number of H-pyrrole nitrogens is 1. The minimum atomic E-state index is 0.287. The summed E-state index contributed by atoms with van der Waals surface area (Å²) in [6.45, 7) is 0. The lowest BCUT2D eigenvalue weighted by Gasteiger charge is -2.05. The number of phenolic OH excluding ortho intramolecular Hbond substituents is 1. The van der Waals surface area contributed by atoms with Gasteiger partial charge in [-0.3, -0.25) is 5.10 Å². The lowest BCUT2D eigenvalue weighted by Crippen LogP contribution is -2.02. The average Bonchev–Trinajstić information content (AvgIpc) is 3.05. The van der Waals surface area contributed by atoms with Gasteiger partial charge in [-0.2, -0.15) is 5.10 Å². The Morgan fingerprint density at radius 2 is 2.29 bits per heavy atom. The molecule has 0 spiro atoms. The summed E-state index contributed by atoms with van der Waals surface area (Å²) in [4.78, 5) is 0. The van der Waals surface area contributed by atoms with Gasteiger partial charge in [0.15, 0.2) is 4.77 Å². The van der Waals surface area contributed by atoms with Crippen LogP contribution in [-0.4, -0.2) is 19.9 Å². The van der Waals surface area contributed by atoms with E-state index in [4.69, 9.17) is 12.2 Å². The molecule has 0 radical (unpaired) electrons. The highest BCUT2D eigenvalue weighted by atomic mass is 32.1. The van der Waals surface area contributed by atoms with Gasteiger partial charge < -0.3 is 9.67 Å². The number of benzene rings is 1. The fraction of sp³-hybridized carbons (Fsp3) is 0.333. The molecule has 88 valence electrons. The Hall–Kier alpha value is -1.62. The second-order valence-electron chi connectivity index (χ2n) is 4.39. The summed E-state index contributed by atoms with van der Waals surface area (Å²) >= 11 is 5.23. The van der Waals surface area contributed by atoms with Crippen molar-refractivity contribution in [3.8, 4) is 5.75 Å². The van der Waals surface area contributed by atoms with Crippen molar-refractivity contribution in [1.82, 2.24) is 14.8 Å². The van der Waals surface area contributed by atoms with Gasteiger partial charge in [-0.25, -0.2) is 0 Å². The Balaban J connectivity index is 1.92. The molecule has 0 saturated heterocycles. The summed E-state index contributed by atoms with van der Waals surface area (Å²) in [5.41, 5.74) is 1.04. The molecule has 0 bridgehead atoms. The molecule has 1 aromatic heterocycles. The molecular weight excluding hydrogens is 234 g/mol. The number of aromatic nitrogens is 3. The third-order valence-electron chi connectivity index (χ3n) is 2.96. The van der Waals surface area contributed by atoms with Crippen molar-refractivity contribution in [3.05, 3.63) is 40.4 Å². The van der Waals surface area contributed by atoms with Crippen molar-refractivity contribution in [2.24, 2.45) is 0 Å². The van der Waals surface area contributed by atoms with Crippen molar-refractivity contribution < 1.29 is 5.11 Å². The molecule has 5 heteroatoms. The molecule has 1 fully saturated rings. The number of nitrogens with zero attached hydrogens (tertiary/aromatic N) is 2. The van der Waals surface area contributed by atoms with E-state index in [0.29, 0.717) is 17.2 Å². The van der Waals surface area contributed by atoms with Crippen LogP contribution in [0.4, 0.5) is 0 Å². The van der Waals surface area contributed by atoms with Gasteiger partial charge in [0.2, 0.25) is 0 Å². The molecule has 0 aliphatic heterocycles. The molecule has 4 nitrogen and oxygen atoms in total. The van der Waals surface area contributed by atoms with Crippen LogP contribution in [0.2, 0.25) is 0 Å². The van der Waals surface area contributed by atoms with E-state index in [1.54, 1.807) is 12.1 Å². The quantitative estimate of drug-likeness (QED) is 0.820. The summed E-state index contributed by atoms with van der Waals surface area (Å²) in [5.74, 6) is 1.23. The van der Waals surface area contributed by atoms with E-state index in [9.17, 15) is 5.11 Å². The molecule has 0 unspecified atom stereocenters. The second kappa shape index (κ2) is 4.00. The Kier molecular flexibility index (Phi) is 2.48. The monoisotopic (exact) mass is 247 g/mol. The first-order valence-corrected chi connectivity index (χ1v) is 6.08. The molecule has 3 rings (SSSR count). The average molecular weight is 247 g/mol. The van der Waals surface area contributed by atoms with Gasteiger partial charge in [0.25, 0.3) is 0 Å². The highest BCUT2D eigenvalue weighted by Crippen LogP contribution is 2.36. The van der Waals surface area contributed by atoms with E-state index in [1.807, 2.05) is 12.1 Å². The van der Waals surface area contributed by atoms with E-state index >= 15 is 0 Å². The zero-order valence-electron chi connectivity index (χ0n) is 9.26. The molecule has 17 heavy (non-hydrogen) atoms. The van der Waals surface area contributed by atoms with Crippen molar-refractivity contribution in [1.29, 1.82) is 0 Å². The Morgan fingerprint density at radius 3 is 3.00 bits per heavy atom. The molecular formula is C12H13N3OS. The van der Waals surface area contributed by atoms with Crippen LogP contribution in [0.25, 0.3) is 0 Å². The lowest BCUT2D eigenvalue weighted by molar-refractivity contribution is 0.474. The van der Waals surface area contributed by atoms with Gasteiger partial charge in [-0.05, 0) is 42.8 Å². The molecule has 0 amide bonds. The number of aromatic hydroxyl groups is 1. The van der Waals surface area contributed by atoms with Gasteiger partial charge in [0.1, 0.15) is 11.6 Å². The first kappa shape index (κ1) is 10.5. The predicted octanol–water partition coefficient (Wildman–Crippen LogP) is 2.57. The zero-order valence-corrected chi connectivity index (χ0v) is 10.1. The number of rotatable bonds is 3. The molecule has 1 aliphatic carbocycles. The summed E-state index contributed by atoms with van der Waals surface area (Å²) in [6, 6.07) is 7.77. The summed E-state index contributed by atoms with van der Waals surface area (Å²) in [6.07, 6.45) is 3.06. The SMILES string of the molecule is Oc1cccc(Cc2n[nH]c(=S)n2C2CC2)c1. The molecule has 1 aromatic carbocycles. The smallest absolute Gasteiger partial charge is 0.195 e. The van der Waals surface area contributed by atoms with Crippen LogP contribution >= 0.6 is 12.2 Å². The second-order valence-corrected chi connectivity index (χ2v) is 4.78. The lowest BCUT2D eigenvalue weighted by atomic mass is 10.1. The number of phenols is 1. The van der Waals surface area contributed by atoms with Gasteiger partial charge >= 0.3 is 0 Å². The fourth-order valence-electron chi connectivity index (χ4n) is 2.02. The molecule has 2 N–H and O–H groups in total. The molecule has 1 saturated carbocycles. The number of hydrogen-bond acceptors (Lipinski definition) is 3. The normalized spacial score (nSPS) is 15.1. The van der Waals surface area contributed by atoms with Crippen LogP contribution in [0.5, 0.6) is 5.75 Å². The van der Waals surface area contributed by atoms with Crippen LogP contribution in [0.1, 0.15) is 30.3 Å². The van der Waals surface area contributed by atoms with E-state index in [0.717, 1.165) is 11.4 Å². The Bertz CT molecular complexity index is 598. The van der Waals surface area contributed by atoms with Gasteiger partial charge in [-0.1, -0.05) is 12.1 Å². The summed E-state index contributed by atoms with van der Waals surface area (Å²) in [5, 5.41) is 16.5. The van der Waals surface area contributed by atoms with Crippen LogP contribution in [0.15, 0.2) is 24.3 Å². The van der Waals surface area contributed by atoms with Gasteiger partial charge in [0, 0.05) is 12.5 Å². The summed E-state index contributed by atoms with van der Waals surface area (Å²) in [7, 11) is 0. The van der Waals surface area contributed by atoms with E-state index in [2.05, 4.69) is 14.8 Å². The molecule has 2 aromatic rings. The zero-order chi connectivity index (χ0) is 11.8. The Labute approximate surface area is 104 Å². The molecule has 1 heterocycles. The molecule has 1 aliphatic rings. The number of nitrogens with one attached hydrogen (secondary N) is 1. The third-order valence-corrected chi connectivity index (χ3v) is 3.25. The van der Waals surface area contributed by atoms with E-state index < -0.39 is 0 Å². The van der Waals surface area contributed by atoms with Crippen molar-refractivity contribution >= 4 is 12.2 Å². The summed E-state index contributed by atoms with van der Waals surface area (Å²) < 4.78 is 2.79. The third kappa shape index (κ3) is 2.10. The largest absolute Gasteiger partial charge is 0.508 e. The maximum absolute atomic E-state index is 9.43. The van der Waals surface area contributed by atoms with Crippen LogP contribution in [0.3, 0.4) is 0 Å². The topological polar surface area (TPSA) is 53.8 Å².